The Morgan fingerprint density at radius 2 is 1.00 bits per heavy atom. The number of aromatic nitrogens is 4. The molecule has 0 aliphatic carbocycles. The molecule has 5 nitrogen and oxygen atoms in total. The zero-order chi connectivity index (χ0) is 25.5. The van der Waals surface area contributed by atoms with E-state index < -0.39 is 0 Å². The third-order valence-electron chi connectivity index (χ3n) is 7.85. The SMILES string of the molecule is c1ccc2c(c1)c1ccccc1n2-c1ccc2oc3c(-n4c5ccccc5c5ccccc54)ncnc3c2c1. The van der Waals surface area contributed by atoms with Crippen molar-refractivity contribution in [1.29, 1.82) is 0 Å². The summed E-state index contributed by atoms with van der Waals surface area (Å²) in [6.07, 6.45) is 1.64. The molecule has 9 aromatic rings. The lowest BCUT2D eigenvalue weighted by molar-refractivity contribution is 0.662. The van der Waals surface area contributed by atoms with E-state index in [1.54, 1.807) is 6.33 Å². The first-order valence-electron chi connectivity index (χ1n) is 13.0. The van der Waals surface area contributed by atoms with Crippen molar-refractivity contribution < 1.29 is 4.42 Å². The zero-order valence-electron chi connectivity index (χ0n) is 20.7. The second kappa shape index (κ2) is 7.55. The molecule has 0 saturated heterocycles. The predicted molar refractivity (Wildman–Crippen MR) is 158 cm³/mol. The normalized spacial score (nSPS) is 12.1. The fourth-order valence-electron chi connectivity index (χ4n) is 6.20. The summed E-state index contributed by atoms with van der Waals surface area (Å²) >= 11 is 0. The van der Waals surface area contributed by atoms with Crippen molar-refractivity contribution in [2.24, 2.45) is 0 Å². The van der Waals surface area contributed by atoms with Crippen LogP contribution in [0.5, 0.6) is 0 Å². The molecule has 0 spiro atoms. The fraction of sp³-hybridized carbons (Fsp3) is 0. The minimum atomic E-state index is 0.679. The van der Waals surface area contributed by atoms with Gasteiger partial charge >= 0.3 is 0 Å². The van der Waals surface area contributed by atoms with Crippen LogP contribution in [-0.2, 0) is 0 Å². The standard InChI is InChI=1S/C34H20N4O/c1-5-13-27-22(9-1)23-10-2-6-14-28(23)37(27)21-17-18-31-26(19-21)32-33(39-31)34(36-20-35-32)38-29-15-7-3-11-24(29)25-12-4-8-16-30(25)38/h1-20H. The first kappa shape index (κ1) is 20.6. The number of furan rings is 1. The molecule has 5 heteroatoms. The van der Waals surface area contributed by atoms with Crippen molar-refractivity contribution in [3.8, 4) is 11.5 Å². The molecule has 39 heavy (non-hydrogen) atoms. The molecule has 0 atom stereocenters. The number of nitrogens with zero attached hydrogens (tertiary/aromatic N) is 4. The van der Waals surface area contributed by atoms with Gasteiger partial charge in [0, 0.05) is 32.6 Å². The van der Waals surface area contributed by atoms with Crippen molar-refractivity contribution in [3.63, 3.8) is 0 Å². The van der Waals surface area contributed by atoms with E-state index in [9.17, 15) is 0 Å². The minimum absolute atomic E-state index is 0.679. The van der Waals surface area contributed by atoms with Crippen molar-refractivity contribution in [1.82, 2.24) is 19.1 Å². The fourth-order valence-corrected chi connectivity index (χ4v) is 6.20. The lowest BCUT2D eigenvalue weighted by Gasteiger charge is -2.07. The van der Waals surface area contributed by atoms with Crippen LogP contribution in [0.25, 0.3) is 77.2 Å². The summed E-state index contributed by atoms with van der Waals surface area (Å²) in [5, 5.41) is 5.81. The molecule has 0 aliphatic rings. The van der Waals surface area contributed by atoms with Gasteiger partial charge in [-0.1, -0.05) is 72.8 Å². The molecule has 4 aromatic heterocycles. The second-order valence-corrected chi connectivity index (χ2v) is 9.90. The Kier molecular flexibility index (Phi) is 3.99. The summed E-state index contributed by atoms with van der Waals surface area (Å²) in [5.74, 6) is 0.743. The second-order valence-electron chi connectivity index (χ2n) is 9.90. The molecule has 0 bridgehead atoms. The van der Waals surface area contributed by atoms with Crippen molar-refractivity contribution in [2.45, 2.75) is 0 Å². The third-order valence-corrected chi connectivity index (χ3v) is 7.85. The molecule has 0 fully saturated rings. The maximum absolute atomic E-state index is 6.50. The van der Waals surface area contributed by atoms with Crippen LogP contribution in [0.4, 0.5) is 0 Å². The minimum Gasteiger partial charge on any atom is -0.450 e. The average Bonchev–Trinajstić information content (AvgIpc) is 3.65. The Morgan fingerprint density at radius 1 is 0.487 bits per heavy atom. The van der Waals surface area contributed by atoms with Crippen LogP contribution in [0, 0.1) is 0 Å². The largest absolute Gasteiger partial charge is 0.450 e. The predicted octanol–water partition coefficient (Wildman–Crippen LogP) is 8.57. The molecule has 0 aliphatic heterocycles. The van der Waals surface area contributed by atoms with E-state index in [0.29, 0.717) is 5.58 Å². The van der Waals surface area contributed by atoms with Gasteiger partial charge in [-0.05, 0) is 42.5 Å². The molecule has 0 radical (unpaired) electrons. The molecule has 9 rings (SSSR count). The topological polar surface area (TPSA) is 48.8 Å². The molecule has 5 aromatic carbocycles. The first-order chi connectivity index (χ1) is 19.4. The summed E-state index contributed by atoms with van der Waals surface area (Å²) in [6.45, 7) is 0. The van der Waals surface area contributed by atoms with Gasteiger partial charge in [0.2, 0.25) is 0 Å². The summed E-state index contributed by atoms with van der Waals surface area (Å²) in [6, 6.07) is 40.3. The Hall–Kier alpha value is -5.42. The first-order valence-corrected chi connectivity index (χ1v) is 13.0. The Balaban J connectivity index is 1.34. The van der Waals surface area contributed by atoms with Gasteiger partial charge in [0.1, 0.15) is 17.4 Å². The van der Waals surface area contributed by atoms with E-state index in [1.165, 1.54) is 32.6 Å². The number of fused-ring (bicyclic) bond motifs is 9. The van der Waals surface area contributed by atoms with E-state index in [-0.39, 0.29) is 0 Å². The molecule has 0 saturated carbocycles. The van der Waals surface area contributed by atoms with Gasteiger partial charge < -0.3 is 8.98 Å². The maximum Gasteiger partial charge on any atom is 0.197 e. The van der Waals surface area contributed by atoms with Crippen molar-refractivity contribution in [3.05, 3.63) is 122 Å². The Bertz CT molecular complexity index is 2300. The number of rotatable bonds is 2. The number of para-hydroxylation sites is 4. The Labute approximate surface area is 222 Å². The van der Waals surface area contributed by atoms with Gasteiger partial charge in [-0.2, -0.15) is 0 Å². The van der Waals surface area contributed by atoms with Crippen LogP contribution in [0.3, 0.4) is 0 Å². The van der Waals surface area contributed by atoms with Crippen LogP contribution < -0.4 is 0 Å². The van der Waals surface area contributed by atoms with Crippen molar-refractivity contribution >= 4 is 65.7 Å². The molecule has 0 N–H and O–H groups in total. The molecule has 4 heterocycles. The van der Waals surface area contributed by atoms with Gasteiger partial charge in [0.05, 0.1) is 22.1 Å². The smallest absolute Gasteiger partial charge is 0.197 e. The van der Waals surface area contributed by atoms with Gasteiger partial charge in [-0.15, -0.1) is 0 Å². The lowest BCUT2D eigenvalue weighted by atomic mass is 10.2. The van der Waals surface area contributed by atoms with Crippen LogP contribution >= 0.6 is 0 Å². The number of hydrogen-bond donors (Lipinski definition) is 0. The monoisotopic (exact) mass is 500 g/mol. The summed E-state index contributed by atoms with van der Waals surface area (Å²) < 4.78 is 11.0. The maximum atomic E-state index is 6.50. The summed E-state index contributed by atoms with van der Waals surface area (Å²) in [5.41, 5.74) is 7.86. The highest BCUT2D eigenvalue weighted by Crippen LogP contribution is 2.38. The van der Waals surface area contributed by atoms with Gasteiger partial charge in [-0.3, -0.25) is 4.57 Å². The van der Waals surface area contributed by atoms with E-state index in [1.807, 2.05) is 6.07 Å². The number of hydrogen-bond acceptors (Lipinski definition) is 3. The van der Waals surface area contributed by atoms with Crippen LogP contribution in [0.2, 0.25) is 0 Å². The van der Waals surface area contributed by atoms with Crippen LogP contribution in [-0.4, -0.2) is 19.1 Å². The quantitative estimate of drug-likeness (QED) is 0.239. The highest BCUT2D eigenvalue weighted by atomic mass is 16.3. The molecule has 0 unspecified atom stereocenters. The van der Waals surface area contributed by atoms with Gasteiger partial charge in [-0.25, -0.2) is 9.97 Å². The lowest BCUT2D eigenvalue weighted by Crippen LogP contribution is -1.98. The van der Waals surface area contributed by atoms with Crippen LogP contribution in [0.15, 0.2) is 126 Å². The van der Waals surface area contributed by atoms with Gasteiger partial charge in [0.25, 0.3) is 0 Å². The van der Waals surface area contributed by atoms with E-state index in [2.05, 4.69) is 118 Å². The third kappa shape index (κ3) is 2.73. The zero-order valence-corrected chi connectivity index (χ0v) is 20.7. The van der Waals surface area contributed by atoms with E-state index >= 15 is 0 Å². The molecular weight excluding hydrogens is 480 g/mol. The molecule has 182 valence electrons. The Morgan fingerprint density at radius 3 is 1.56 bits per heavy atom. The highest BCUT2D eigenvalue weighted by molar-refractivity contribution is 6.12. The molecular formula is C34H20N4O. The summed E-state index contributed by atoms with van der Waals surface area (Å²) in [4.78, 5) is 9.47. The van der Waals surface area contributed by atoms with E-state index in [4.69, 9.17) is 14.4 Å². The average molecular weight is 501 g/mol. The highest BCUT2D eigenvalue weighted by Gasteiger charge is 2.20. The van der Waals surface area contributed by atoms with Crippen molar-refractivity contribution in [2.75, 3.05) is 0 Å². The van der Waals surface area contributed by atoms with Gasteiger partial charge in [0.15, 0.2) is 11.4 Å². The van der Waals surface area contributed by atoms with Crippen LogP contribution in [0.1, 0.15) is 0 Å². The summed E-state index contributed by atoms with van der Waals surface area (Å²) in [7, 11) is 0. The van der Waals surface area contributed by atoms with E-state index in [0.717, 1.165) is 39.0 Å². The molecule has 0 amide bonds. The number of benzene rings is 5.